The molecule has 0 bridgehead atoms. The molecule has 7 heteroatoms. The van der Waals surface area contributed by atoms with Crippen molar-refractivity contribution in [2.45, 2.75) is 26.2 Å². The minimum Gasteiger partial charge on any atom is -0.493 e. The second kappa shape index (κ2) is 9.00. The first-order valence-electron chi connectivity index (χ1n) is 9.90. The number of unbranched alkanes of at least 4 members (excludes halogenated alkanes) is 2. The molecule has 0 saturated carbocycles. The first kappa shape index (κ1) is 20.0. The van der Waals surface area contributed by atoms with Gasteiger partial charge in [0.2, 0.25) is 4.96 Å². The van der Waals surface area contributed by atoms with Crippen LogP contribution in [-0.4, -0.2) is 21.2 Å². The molecule has 0 saturated heterocycles. The van der Waals surface area contributed by atoms with Gasteiger partial charge in [-0.05, 0) is 18.6 Å². The second-order valence-corrected chi connectivity index (χ2v) is 7.84. The minimum atomic E-state index is -0.450. The summed E-state index contributed by atoms with van der Waals surface area (Å²) in [7, 11) is 0. The van der Waals surface area contributed by atoms with E-state index >= 15 is 0 Å². The zero-order valence-corrected chi connectivity index (χ0v) is 17.4. The van der Waals surface area contributed by atoms with Crippen LogP contribution in [0.1, 0.15) is 31.7 Å². The van der Waals surface area contributed by atoms with Crippen molar-refractivity contribution in [3.8, 4) is 17.0 Å². The first-order chi connectivity index (χ1) is 14.7. The zero-order chi connectivity index (χ0) is 20.9. The van der Waals surface area contributed by atoms with Gasteiger partial charge in [0.1, 0.15) is 5.75 Å². The normalized spacial score (nSPS) is 11.8. The van der Waals surface area contributed by atoms with Crippen LogP contribution in [0.3, 0.4) is 0 Å². The van der Waals surface area contributed by atoms with Crippen LogP contribution in [0.5, 0.6) is 5.75 Å². The molecular formula is C23H21N3O3S. The van der Waals surface area contributed by atoms with Gasteiger partial charge in [-0.2, -0.15) is 14.6 Å². The summed E-state index contributed by atoms with van der Waals surface area (Å²) in [5.41, 5.74) is 0.846. The van der Waals surface area contributed by atoms with Crippen LogP contribution in [0.15, 0.2) is 64.2 Å². The van der Waals surface area contributed by atoms with E-state index in [0.29, 0.717) is 16.7 Å². The van der Waals surface area contributed by atoms with Gasteiger partial charge in [-0.25, -0.2) is 0 Å². The molecule has 0 N–H and O–H groups in total. The lowest BCUT2D eigenvalue weighted by Crippen LogP contribution is -2.26. The van der Waals surface area contributed by atoms with Crippen LogP contribution in [-0.2, 0) is 0 Å². The Morgan fingerprint density at radius 2 is 1.80 bits per heavy atom. The van der Waals surface area contributed by atoms with Crippen molar-refractivity contribution in [2.24, 2.45) is 0 Å². The van der Waals surface area contributed by atoms with Gasteiger partial charge in [-0.3, -0.25) is 9.59 Å². The molecule has 0 aliphatic heterocycles. The van der Waals surface area contributed by atoms with Gasteiger partial charge in [0.05, 0.1) is 11.1 Å². The molecule has 0 radical (unpaired) electrons. The van der Waals surface area contributed by atoms with Gasteiger partial charge >= 0.3 is 5.56 Å². The largest absolute Gasteiger partial charge is 0.493 e. The molecule has 2 aromatic carbocycles. The van der Waals surface area contributed by atoms with Crippen molar-refractivity contribution < 1.29 is 4.74 Å². The predicted molar refractivity (Wildman–Crippen MR) is 119 cm³/mol. The van der Waals surface area contributed by atoms with Gasteiger partial charge in [0.25, 0.3) is 5.56 Å². The summed E-state index contributed by atoms with van der Waals surface area (Å²) in [5.74, 6) is 0.728. The number of nitrogens with zero attached hydrogens (tertiary/aromatic N) is 3. The fraction of sp³-hybridized carbons (Fsp3) is 0.217. The Morgan fingerprint density at radius 3 is 2.60 bits per heavy atom. The summed E-state index contributed by atoms with van der Waals surface area (Å²) >= 11 is 1.14. The van der Waals surface area contributed by atoms with Crippen molar-refractivity contribution >= 4 is 22.4 Å². The van der Waals surface area contributed by atoms with Crippen molar-refractivity contribution in [1.29, 1.82) is 0 Å². The number of thiazole rings is 1. The third-order valence-electron chi connectivity index (χ3n) is 4.64. The van der Waals surface area contributed by atoms with Crippen molar-refractivity contribution in [3.63, 3.8) is 0 Å². The topological polar surface area (TPSA) is 73.6 Å². The van der Waals surface area contributed by atoms with E-state index in [1.807, 2.05) is 42.5 Å². The number of hydrogen-bond donors (Lipinski definition) is 0. The SMILES string of the molecule is CCCCCOc1ccccc1/C=c1/sc2nc(=O)c(-c3ccccc3)nn2c1=O. The van der Waals surface area contributed by atoms with Crippen LogP contribution in [0.2, 0.25) is 0 Å². The minimum absolute atomic E-state index is 0.161. The standard InChI is InChI=1S/C23H21N3O3S/c1-2-3-9-14-29-18-13-8-7-12-17(18)15-19-22(28)26-23(30-19)24-21(27)20(25-26)16-10-5-4-6-11-16/h4-8,10-13,15H,2-3,9,14H2,1H3/b19-15+. The molecule has 2 heterocycles. The molecule has 0 aliphatic carbocycles. The van der Waals surface area contributed by atoms with Crippen molar-refractivity contribution in [2.75, 3.05) is 6.61 Å². The molecule has 30 heavy (non-hydrogen) atoms. The number of aromatic nitrogens is 3. The Morgan fingerprint density at radius 1 is 1.03 bits per heavy atom. The Bertz CT molecular complexity index is 1330. The molecule has 0 fully saturated rings. The van der Waals surface area contributed by atoms with Gasteiger partial charge in [0, 0.05) is 11.1 Å². The summed E-state index contributed by atoms with van der Waals surface area (Å²) in [5, 5.41) is 4.29. The maximum atomic E-state index is 12.9. The van der Waals surface area contributed by atoms with E-state index in [4.69, 9.17) is 4.74 Å². The summed E-state index contributed by atoms with van der Waals surface area (Å²) in [4.78, 5) is 29.7. The molecule has 2 aromatic heterocycles. The molecule has 0 aliphatic rings. The number of hydrogen-bond acceptors (Lipinski definition) is 6. The number of benzene rings is 2. The van der Waals surface area contributed by atoms with Crippen LogP contribution in [0, 0.1) is 0 Å². The third kappa shape index (κ3) is 4.16. The molecule has 6 nitrogen and oxygen atoms in total. The quantitative estimate of drug-likeness (QED) is 0.430. The van der Waals surface area contributed by atoms with Crippen LogP contribution < -0.4 is 20.4 Å². The lowest BCUT2D eigenvalue weighted by atomic mass is 10.2. The third-order valence-corrected chi connectivity index (χ3v) is 5.60. The van der Waals surface area contributed by atoms with Crippen LogP contribution in [0.25, 0.3) is 22.3 Å². The Kier molecular flexibility index (Phi) is 5.99. The van der Waals surface area contributed by atoms with Crippen molar-refractivity contribution in [3.05, 3.63) is 85.4 Å². The van der Waals surface area contributed by atoms with E-state index in [1.165, 1.54) is 4.52 Å². The molecule has 0 unspecified atom stereocenters. The Hall–Kier alpha value is -3.32. The lowest BCUT2D eigenvalue weighted by molar-refractivity contribution is 0.305. The molecule has 0 amide bonds. The lowest BCUT2D eigenvalue weighted by Gasteiger charge is -2.08. The number of rotatable bonds is 7. The highest BCUT2D eigenvalue weighted by atomic mass is 32.1. The Labute approximate surface area is 177 Å². The molecule has 0 atom stereocenters. The number of ether oxygens (including phenoxy) is 1. The molecular weight excluding hydrogens is 398 g/mol. The van der Waals surface area contributed by atoms with E-state index in [2.05, 4.69) is 17.0 Å². The average molecular weight is 420 g/mol. The van der Waals surface area contributed by atoms with Crippen LogP contribution >= 0.6 is 11.3 Å². The van der Waals surface area contributed by atoms with E-state index < -0.39 is 5.56 Å². The number of fused-ring (bicyclic) bond motifs is 1. The Balaban J connectivity index is 1.76. The van der Waals surface area contributed by atoms with E-state index in [1.54, 1.807) is 18.2 Å². The second-order valence-electron chi connectivity index (χ2n) is 6.84. The monoisotopic (exact) mass is 419 g/mol. The van der Waals surface area contributed by atoms with Gasteiger partial charge in [-0.1, -0.05) is 79.6 Å². The maximum Gasteiger partial charge on any atom is 0.300 e. The van der Waals surface area contributed by atoms with Gasteiger partial charge < -0.3 is 4.74 Å². The van der Waals surface area contributed by atoms with E-state index in [0.717, 1.165) is 41.9 Å². The summed E-state index contributed by atoms with van der Waals surface area (Å²) in [6, 6.07) is 16.6. The van der Waals surface area contributed by atoms with Gasteiger partial charge in [-0.15, -0.1) is 0 Å². The van der Waals surface area contributed by atoms with E-state index in [9.17, 15) is 9.59 Å². The van der Waals surface area contributed by atoms with E-state index in [-0.39, 0.29) is 16.2 Å². The first-order valence-corrected chi connectivity index (χ1v) is 10.7. The molecule has 4 aromatic rings. The van der Waals surface area contributed by atoms with Gasteiger partial charge in [0.15, 0.2) is 5.69 Å². The van der Waals surface area contributed by atoms with Crippen LogP contribution in [0.4, 0.5) is 0 Å². The zero-order valence-electron chi connectivity index (χ0n) is 16.6. The predicted octanol–water partition coefficient (Wildman–Crippen LogP) is 3.29. The molecule has 0 spiro atoms. The fourth-order valence-corrected chi connectivity index (χ4v) is 3.99. The smallest absolute Gasteiger partial charge is 0.300 e. The summed E-state index contributed by atoms with van der Waals surface area (Å²) in [6.45, 7) is 2.78. The summed E-state index contributed by atoms with van der Waals surface area (Å²) in [6.07, 6.45) is 4.99. The summed E-state index contributed by atoms with van der Waals surface area (Å²) < 4.78 is 7.55. The molecule has 4 rings (SSSR count). The molecule has 152 valence electrons. The number of para-hydroxylation sites is 1. The fourth-order valence-electron chi connectivity index (χ4n) is 3.09. The average Bonchev–Trinajstić information content (AvgIpc) is 3.06. The maximum absolute atomic E-state index is 12.9. The highest BCUT2D eigenvalue weighted by Gasteiger charge is 2.13. The highest BCUT2D eigenvalue weighted by Crippen LogP contribution is 2.19. The van der Waals surface area contributed by atoms with Crippen molar-refractivity contribution in [1.82, 2.24) is 14.6 Å². The highest BCUT2D eigenvalue weighted by molar-refractivity contribution is 7.15.